The molecule has 26 heavy (non-hydrogen) atoms. The number of nitrogens with one attached hydrogen (secondary N) is 2. The predicted octanol–water partition coefficient (Wildman–Crippen LogP) is 3.98. The Morgan fingerprint density at radius 3 is 2.46 bits per heavy atom. The number of halogens is 3. The van der Waals surface area contributed by atoms with Crippen molar-refractivity contribution in [3.05, 3.63) is 65.2 Å². The normalized spacial score (nSPS) is 14.0. The minimum absolute atomic E-state index is 0.0368. The van der Waals surface area contributed by atoms with Gasteiger partial charge in [0, 0.05) is 18.2 Å². The van der Waals surface area contributed by atoms with E-state index in [0.29, 0.717) is 11.3 Å². The molecular formula is C19H17F3N2O2. The zero-order valence-corrected chi connectivity index (χ0v) is 13.8. The average molecular weight is 362 g/mol. The molecule has 1 aliphatic rings. The molecule has 0 aliphatic heterocycles. The Morgan fingerprint density at radius 1 is 1.04 bits per heavy atom. The van der Waals surface area contributed by atoms with E-state index in [-0.39, 0.29) is 18.4 Å². The fourth-order valence-corrected chi connectivity index (χ4v) is 2.55. The first-order chi connectivity index (χ1) is 12.3. The maximum Gasteiger partial charge on any atom is 0.417 e. The van der Waals surface area contributed by atoms with E-state index in [1.807, 2.05) is 0 Å². The van der Waals surface area contributed by atoms with E-state index >= 15 is 0 Å². The minimum atomic E-state index is -4.60. The number of hydrogen-bond acceptors (Lipinski definition) is 2. The van der Waals surface area contributed by atoms with E-state index < -0.39 is 23.2 Å². The van der Waals surface area contributed by atoms with Gasteiger partial charge in [-0.1, -0.05) is 24.3 Å². The maximum atomic E-state index is 13.0. The summed E-state index contributed by atoms with van der Waals surface area (Å²) in [6, 6.07) is 11.5. The van der Waals surface area contributed by atoms with Gasteiger partial charge in [0.25, 0.3) is 5.91 Å². The van der Waals surface area contributed by atoms with Crippen LogP contribution in [0.1, 0.15) is 34.3 Å². The molecule has 0 saturated heterocycles. The fourth-order valence-electron chi connectivity index (χ4n) is 2.55. The van der Waals surface area contributed by atoms with Gasteiger partial charge in [-0.3, -0.25) is 9.59 Å². The van der Waals surface area contributed by atoms with Crippen LogP contribution in [0.25, 0.3) is 0 Å². The third kappa shape index (κ3) is 4.41. The van der Waals surface area contributed by atoms with Gasteiger partial charge in [0.2, 0.25) is 5.91 Å². The van der Waals surface area contributed by atoms with Crippen molar-refractivity contribution in [2.24, 2.45) is 5.92 Å². The Labute approximate surface area is 148 Å². The van der Waals surface area contributed by atoms with E-state index in [2.05, 4.69) is 10.6 Å². The maximum absolute atomic E-state index is 13.0. The van der Waals surface area contributed by atoms with Gasteiger partial charge in [-0.15, -0.1) is 0 Å². The molecule has 0 bridgehead atoms. The number of alkyl halides is 3. The quantitative estimate of drug-likeness (QED) is 0.845. The third-order valence-electron chi connectivity index (χ3n) is 4.07. The molecule has 1 aliphatic carbocycles. The molecule has 2 aromatic carbocycles. The molecule has 2 aromatic rings. The highest BCUT2D eigenvalue weighted by atomic mass is 19.4. The Hall–Kier alpha value is -2.83. The molecule has 0 radical (unpaired) electrons. The van der Waals surface area contributed by atoms with Gasteiger partial charge in [0.05, 0.1) is 11.1 Å². The van der Waals surface area contributed by atoms with Crippen molar-refractivity contribution in [1.29, 1.82) is 0 Å². The van der Waals surface area contributed by atoms with Gasteiger partial charge in [0.1, 0.15) is 0 Å². The second kappa shape index (κ2) is 7.19. The molecule has 0 spiro atoms. The zero-order valence-electron chi connectivity index (χ0n) is 13.8. The van der Waals surface area contributed by atoms with Crippen molar-refractivity contribution in [2.75, 3.05) is 5.32 Å². The van der Waals surface area contributed by atoms with E-state index in [0.717, 1.165) is 25.0 Å². The first kappa shape index (κ1) is 18.0. The van der Waals surface area contributed by atoms with Gasteiger partial charge in [-0.05, 0) is 42.7 Å². The number of carbonyl (C=O) groups is 2. The van der Waals surface area contributed by atoms with E-state index in [1.54, 1.807) is 24.3 Å². The van der Waals surface area contributed by atoms with Crippen LogP contribution in [0.5, 0.6) is 0 Å². The first-order valence-corrected chi connectivity index (χ1v) is 8.19. The fraction of sp³-hybridized carbons (Fsp3) is 0.263. The molecule has 2 amide bonds. The van der Waals surface area contributed by atoms with Crippen molar-refractivity contribution in [1.82, 2.24) is 5.32 Å². The summed E-state index contributed by atoms with van der Waals surface area (Å²) in [5, 5.41) is 5.28. The summed E-state index contributed by atoms with van der Waals surface area (Å²) in [6.07, 6.45) is -2.82. The molecule has 0 atom stereocenters. The summed E-state index contributed by atoms with van der Waals surface area (Å²) in [6.45, 7) is 0.0537. The molecule has 0 unspecified atom stereocenters. The van der Waals surface area contributed by atoms with Gasteiger partial charge < -0.3 is 10.6 Å². The van der Waals surface area contributed by atoms with Crippen molar-refractivity contribution >= 4 is 17.5 Å². The van der Waals surface area contributed by atoms with Crippen LogP contribution in [-0.2, 0) is 17.5 Å². The molecule has 4 nitrogen and oxygen atoms in total. The lowest BCUT2D eigenvalue weighted by Crippen LogP contribution is -2.26. The highest BCUT2D eigenvalue weighted by molar-refractivity contribution is 5.96. The summed E-state index contributed by atoms with van der Waals surface area (Å²) >= 11 is 0. The summed E-state index contributed by atoms with van der Waals surface area (Å²) in [4.78, 5) is 23.9. The van der Waals surface area contributed by atoms with Crippen LogP contribution >= 0.6 is 0 Å². The standard InChI is InChI=1S/C19H17F3N2O2/c20-19(21,22)16-7-2-1-6-15(16)18(26)23-11-12-4-3-5-14(10-12)24-17(25)13-8-9-13/h1-7,10,13H,8-9,11H2,(H,23,26)(H,24,25). The number of amides is 2. The number of benzene rings is 2. The number of rotatable bonds is 5. The Balaban J connectivity index is 1.66. The Bertz CT molecular complexity index is 830. The largest absolute Gasteiger partial charge is 0.417 e. The van der Waals surface area contributed by atoms with Crippen molar-refractivity contribution in [3.8, 4) is 0 Å². The second-order valence-corrected chi connectivity index (χ2v) is 6.19. The van der Waals surface area contributed by atoms with E-state index in [9.17, 15) is 22.8 Å². The van der Waals surface area contributed by atoms with Crippen LogP contribution in [0.15, 0.2) is 48.5 Å². The van der Waals surface area contributed by atoms with Crippen LogP contribution in [-0.4, -0.2) is 11.8 Å². The lowest BCUT2D eigenvalue weighted by Gasteiger charge is -2.13. The minimum Gasteiger partial charge on any atom is -0.348 e. The summed E-state index contributed by atoms with van der Waals surface area (Å²) in [5.41, 5.74) is -0.109. The van der Waals surface area contributed by atoms with Crippen molar-refractivity contribution in [3.63, 3.8) is 0 Å². The number of anilines is 1. The molecular weight excluding hydrogens is 345 g/mol. The highest BCUT2D eigenvalue weighted by Gasteiger charge is 2.34. The Morgan fingerprint density at radius 2 is 1.77 bits per heavy atom. The second-order valence-electron chi connectivity index (χ2n) is 6.19. The van der Waals surface area contributed by atoms with Crippen LogP contribution < -0.4 is 10.6 Å². The molecule has 1 saturated carbocycles. The van der Waals surface area contributed by atoms with Crippen LogP contribution in [0.2, 0.25) is 0 Å². The third-order valence-corrected chi connectivity index (χ3v) is 4.07. The molecule has 0 heterocycles. The number of carbonyl (C=O) groups excluding carboxylic acids is 2. The van der Waals surface area contributed by atoms with E-state index in [1.165, 1.54) is 12.1 Å². The lowest BCUT2D eigenvalue weighted by molar-refractivity contribution is -0.138. The molecule has 7 heteroatoms. The molecule has 136 valence electrons. The SMILES string of the molecule is O=C(NCc1cccc(NC(=O)C2CC2)c1)c1ccccc1C(F)(F)F. The molecule has 0 aromatic heterocycles. The van der Waals surface area contributed by atoms with Crippen LogP contribution in [0, 0.1) is 5.92 Å². The summed E-state index contributed by atoms with van der Waals surface area (Å²) in [7, 11) is 0. The highest BCUT2D eigenvalue weighted by Crippen LogP contribution is 2.32. The Kier molecular flexibility index (Phi) is 4.97. The molecule has 3 rings (SSSR count). The van der Waals surface area contributed by atoms with Crippen molar-refractivity contribution < 1.29 is 22.8 Å². The average Bonchev–Trinajstić information content (AvgIpc) is 3.44. The first-order valence-electron chi connectivity index (χ1n) is 8.19. The molecule has 1 fully saturated rings. The lowest BCUT2D eigenvalue weighted by atomic mass is 10.1. The smallest absolute Gasteiger partial charge is 0.348 e. The predicted molar refractivity (Wildman–Crippen MR) is 90.4 cm³/mol. The van der Waals surface area contributed by atoms with Gasteiger partial charge in [-0.2, -0.15) is 13.2 Å². The topological polar surface area (TPSA) is 58.2 Å². The monoisotopic (exact) mass is 362 g/mol. The molecule has 2 N–H and O–H groups in total. The van der Waals surface area contributed by atoms with Gasteiger partial charge in [0.15, 0.2) is 0 Å². The van der Waals surface area contributed by atoms with E-state index in [4.69, 9.17) is 0 Å². The zero-order chi connectivity index (χ0) is 18.7. The summed E-state index contributed by atoms with van der Waals surface area (Å²) < 4.78 is 39.0. The number of hydrogen-bond donors (Lipinski definition) is 2. The van der Waals surface area contributed by atoms with Crippen molar-refractivity contribution in [2.45, 2.75) is 25.6 Å². The van der Waals surface area contributed by atoms with Crippen LogP contribution in [0.3, 0.4) is 0 Å². The van der Waals surface area contributed by atoms with Gasteiger partial charge >= 0.3 is 6.18 Å². The van der Waals surface area contributed by atoms with Crippen LogP contribution in [0.4, 0.5) is 18.9 Å². The van der Waals surface area contributed by atoms with Gasteiger partial charge in [-0.25, -0.2) is 0 Å². The summed E-state index contributed by atoms with van der Waals surface area (Å²) in [5.74, 6) is -0.770.